The van der Waals surface area contributed by atoms with Gasteiger partial charge in [-0.1, -0.05) is 20.8 Å². The van der Waals surface area contributed by atoms with E-state index in [-0.39, 0.29) is 24.0 Å². The van der Waals surface area contributed by atoms with Crippen LogP contribution in [0.4, 0.5) is 0 Å². The van der Waals surface area contributed by atoms with E-state index in [1.54, 1.807) is 11.3 Å². The van der Waals surface area contributed by atoms with Crippen LogP contribution in [0.2, 0.25) is 0 Å². The fourth-order valence-corrected chi connectivity index (χ4v) is 2.79. The highest BCUT2D eigenvalue weighted by atomic mass is 32.1. The third-order valence-corrected chi connectivity index (χ3v) is 4.42. The number of hydrogen-bond acceptors (Lipinski definition) is 4. The molecule has 1 N–H and O–H groups in total. The van der Waals surface area contributed by atoms with Gasteiger partial charge in [0.15, 0.2) is 0 Å². The molecular weight excluding hydrogens is 246 g/mol. The van der Waals surface area contributed by atoms with Crippen molar-refractivity contribution in [3.05, 3.63) is 21.9 Å². The summed E-state index contributed by atoms with van der Waals surface area (Å²) in [6.45, 7) is 8.28. The molecule has 4 heteroatoms. The molecule has 102 valence electrons. The average molecular weight is 269 g/mol. The van der Waals surface area contributed by atoms with Gasteiger partial charge in [-0.3, -0.25) is 10.1 Å². The molecule has 0 aromatic carbocycles. The first-order valence-electron chi connectivity index (χ1n) is 6.42. The number of methoxy groups -OCH3 is 1. The standard InChI is InChI=1S/C14H23NO2S/c1-6-11-7-8-12(18-11)10(4)15-13(9(2)3)14(16)17-5/h7-10,13,15H,6H2,1-5H3/t10?,13-/m0/s1. The van der Waals surface area contributed by atoms with E-state index >= 15 is 0 Å². The second-order valence-electron chi connectivity index (χ2n) is 4.79. The van der Waals surface area contributed by atoms with Crippen molar-refractivity contribution < 1.29 is 9.53 Å². The molecular formula is C14H23NO2S. The Morgan fingerprint density at radius 3 is 2.50 bits per heavy atom. The van der Waals surface area contributed by atoms with Crippen LogP contribution in [0.25, 0.3) is 0 Å². The van der Waals surface area contributed by atoms with Crippen LogP contribution in [-0.2, 0) is 16.0 Å². The van der Waals surface area contributed by atoms with Crippen LogP contribution in [-0.4, -0.2) is 19.1 Å². The van der Waals surface area contributed by atoms with E-state index in [2.05, 4.69) is 31.3 Å². The summed E-state index contributed by atoms with van der Waals surface area (Å²) in [5.74, 6) is 0.0228. The Balaban J connectivity index is 2.71. The van der Waals surface area contributed by atoms with Gasteiger partial charge in [0, 0.05) is 15.8 Å². The topological polar surface area (TPSA) is 38.3 Å². The van der Waals surface area contributed by atoms with Gasteiger partial charge >= 0.3 is 5.97 Å². The SMILES string of the molecule is CCc1ccc(C(C)N[C@H](C(=O)OC)C(C)C)s1. The predicted octanol–water partition coefficient (Wildman–Crippen LogP) is 3.16. The smallest absolute Gasteiger partial charge is 0.323 e. The summed E-state index contributed by atoms with van der Waals surface area (Å²) in [7, 11) is 1.43. The minimum Gasteiger partial charge on any atom is -0.468 e. The minimum absolute atomic E-state index is 0.168. The van der Waals surface area contributed by atoms with Crippen LogP contribution in [0.3, 0.4) is 0 Å². The lowest BCUT2D eigenvalue weighted by molar-refractivity contribution is -0.144. The molecule has 0 aliphatic rings. The maximum Gasteiger partial charge on any atom is 0.323 e. The number of rotatable bonds is 6. The summed E-state index contributed by atoms with van der Waals surface area (Å²) >= 11 is 1.80. The third kappa shape index (κ3) is 3.82. The Kier molecular flexibility index (Phi) is 5.82. The summed E-state index contributed by atoms with van der Waals surface area (Å²) in [6.07, 6.45) is 1.06. The van der Waals surface area contributed by atoms with E-state index < -0.39 is 0 Å². The van der Waals surface area contributed by atoms with Crippen molar-refractivity contribution in [3.63, 3.8) is 0 Å². The quantitative estimate of drug-likeness (QED) is 0.806. The molecule has 1 heterocycles. The Labute approximate surface area is 114 Å². The number of carbonyl (C=O) groups is 1. The maximum atomic E-state index is 11.7. The van der Waals surface area contributed by atoms with Gasteiger partial charge in [0.05, 0.1) is 7.11 Å². The van der Waals surface area contributed by atoms with E-state index in [1.165, 1.54) is 16.9 Å². The summed E-state index contributed by atoms with van der Waals surface area (Å²) in [6, 6.07) is 4.20. The van der Waals surface area contributed by atoms with Crippen LogP contribution in [0, 0.1) is 5.92 Å². The van der Waals surface area contributed by atoms with Crippen LogP contribution in [0.5, 0.6) is 0 Å². The van der Waals surface area contributed by atoms with Gasteiger partial charge in [0.25, 0.3) is 0 Å². The molecule has 1 rings (SSSR count). The number of carbonyl (C=O) groups excluding carboxylic acids is 1. The van der Waals surface area contributed by atoms with Gasteiger partial charge < -0.3 is 4.74 Å². The molecule has 0 fully saturated rings. The number of esters is 1. The van der Waals surface area contributed by atoms with E-state index in [1.807, 2.05) is 13.8 Å². The van der Waals surface area contributed by atoms with E-state index in [4.69, 9.17) is 4.74 Å². The van der Waals surface area contributed by atoms with Crippen molar-refractivity contribution in [1.82, 2.24) is 5.32 Å². The monoisotopic (exact) mass is 269 g/mol. The van der Waals surface area contributed by atoms with Crippen LogP contribution < -0.4 is 5.32 Å². The van der Waals surface area contributed by atoms with Crippen molar-refractivity contribution >= 4 is 17.3 Å². The Bertz CT molecular complexity index is 387. The second kappa shape index (κ2) is 6.90. The fourth-order valence-electron chi connectivity index (χ4n) is 1.83. The average Bonchev–Trinajstić information content (AvgIpc) is 2.83. The zero-order chi connectivity index (χ0) is 13.7. The Hall–Kier alpha value is -0.870. The lowest BCUT2D eigenvalue weighted by atomic mass is 10.0. The molecule has 0 amide bonds. The number of nitrogens with one attached hydrogen (secondary N) is 1. The van der Waals surface area contributed by atoms with Gasteiger partial charge in [0.2, 0.25) is 0 Å². The molecule has 0 saturated carbocycles. The molecule has 2 atom stereocenters. The molecule has 0 aliphatic carbocycles. The van der Waals surface area contributed by atoms with Gasteiger partial charge in [-0.15, -0.1) is 11.3 Å². The highest BCUT2D eigenvalue weighted by Crippen LogP contribution is 2.24. The van der Waals surface area contributed by atoms with Gasteiger partial charge in [-0.25, -0.2) is 0 Å². The predicted molar refractivity (Wildman–Crippen MR) is 75.9 cm³/mol. The van der Waals surface area contributed by atoms with E-state index in [0.717, 1.165) is 6.42 Å². The van der Waals surface area contributed by atoms with Gasteiger partial charge in [-0.2, -0.15) is 0 Å². The highest BCUT2D eigenvalue weighted by Gasteiger charge is 2.25. The van der Waals surface area contributed by atoms with Crippen molar-refractivity contribution in [3.8, 4) is 0 Å². The van der Waals surface area contributed by atoms with Crippen LogP contribution in [0.1, 0.15) is 43.5 Å². The summed E-state index contributed by atoms with van der Waals surface area (Å²) in [4.78, 5) is 14.3. The van der Waals surface area contributed by atoms with Gasteiger partial charge in [0.1, 0.15) is 6.04 Å². The molecule has 0 radical (unpaired) electrons. The molecule has 18 heavy (non-hydrogen) atoms. The molecule has 1 aromatic rings. The molecule has 0 bridgehead atoms. The van der Waals surface area contributed by atoms with Crippen molar-refractivity contribution in [2.24, 2.45) is 5.92 Å². The van der Waals surface area contributed by atoms with Crippen LogP contribution in [0.15, 0.2) is 12.1 Å². The Morgan fingerprint density at radius 2 is 2.06 bits per heavy atom. The minimum atomic E-state index is -0.253. The largest absolute Gasteiger partial charge is 0.468 e. The van der Waals surface area contributed by atoms with Crippen molar-refractivity contribution in [1.29, 1.82) is 0 Å². The summed E-state index contributed by atoms with van der Waals surface area (Å²) in [5.41, 5.74) is 0. The first-order valence-corrected chi connectivity index (χ1v) is 7.23. The van der Waals surface area contributed by atoms with Gasteiger partial charge in [-0.05, 0) is 31.4 Å². The number of ether oxygens (including phenoxy) is 1. The maximum absolute atomic E-state index is 11.7. The van der Waals surface area contributed by atoms with Crippen LogP contribution >= 0.6 is 11.3 Å². The molecule has 0 aliphatic heterocycles. The van der Waals surface area contributed by atoms with Crippen molar-refractivity contribution in [2.45, 2.75) is 46.2 Å². The summed E-state index contributed by atoms with van der Waals surface area (Å²) in [5, 5.41) is 3.36. The molecule has 1 unspecified atom stereocenters. The van der Waals surface area contributed by atoms with E-state index in [9.17, 15) is 4.79 Å². The highest BCUT2D eigenvalue weighted by molar-refractivity contribution is 7.12. The fraction of sp³-hybridized carbons (Fsp3) is 0.643. The van der Waals surface area contributed by atoms with Crippen molar-refractivity contribution in [2.75, 3.05) is 7.11 Å². The first-order chi connectivity index (χ1) is 8.49. The molecule has 0 spiro atoms. The zero-order valence-corrected chi connectivity index (χ0v) is 12.6. The molecule has 1 aromatic heterocycles. The normalized spacial score (nSPS) is 14.6. The third-order valence-electron chi connectivity index (χ3n) is 3.01. The Morgan fingerprint density at radius 1 is 1.39 bits per heavy atom. The lowest BCUT2D eigenvalue weighted by Gasteiger charge is -2.23. The first kappa shape index (κ1) is 15.2. The summed E-state index contributed by atoms with van der Waals surface area (Å²) < 4.78 is 4.84. The number of thiophene rings is 1. The number of hydrogen-bond donors (Lipinski definition) is 1. The zero-order valence-electron chi connectivity index (χ0n) is 11.8. The number of aryl methyl sites for hydroxylation is 1. The molecule has 0 saturated heterocycles. The second-order valence-corrected chi connectivity index (χ2v) is 5.99. The van der Waals surface area contributed by atoms with E-state index in [0.29, 0.717) is 0 Å². The lowest BCUT2D eigenvalue weighted by Crippen LogP contribution is -2.42. The molecule has 3 nitrogen and oxygen atoms in total.